The van der Waals surface area contributed by atoms with Crippen LogP contribution in [0.15, 0.2) is 18.3 Å². The number of aromatic nitrogens is 1. The molecule has 0 spiro atoms. The quantitative estimate of drug-likeness (QED) is 0.696. The van der Waals surface area contributed by atoms with Crippen molar-refractivity contribution in [2.75, 3.05) is 11.9 Å². The SMILES string of the molecule is NC(=O)CCCCNc1ncccc1F. The Hall–Kier alpha value is -1.65. The highest BCUT2D eigenvalue weighted by atomic mass is 19.1. The molecule has 1 aromatic heterocycles. The van der Waals surface area contributed by atoms with Crippen molar-refractivity contribution in [3.63, 3.8) is 0 Å². The summed E-state index contributed by atoms with van der Waals surface area (Å²) in [6.45, 7) is 0.585. The zero-order valence-electron chi connectivity index (χ0n) is 8.37. The van der Waals surface area contributed by atoms with Gasteiger partial charge in [-0.15, -0.1) is 0 Å². The lowest BCUT2D eigenvalue weighted by Gasteiger charge is -2.05. The topological polar surface area (TPSA) is 68.0 Å². The summed E-state index contributed by atoms with van der Waals surface area (Å²) in [4.78, 5) is 14.2. The smallest absolute Gasteiger partial charge is 0.217 e. The van der Waals surface area contributed by atoms with Crippen LogP contribution in [0.2, 0.25) is 0 Å². The van der Waals surface area contributed by atoms with Gasteiger partial charge in [0.15, 0.2) is 11.6 Å². The molecule has 1 heterocycles. The van der Waals surface area contributed by atoms with Gasteiger partial charge < -0.3 is 11.1 Å². The highest BCUT2D eigenvalue weighted by Gasteiger charge is 2.00. The van der Waals surface area contributed by atoms with Crippen LogP contribution in [-0.2, 0) is 4.79 Å². The first-order valence-electron chi connectivity index (χ1n) is 4.83. The van der Waals surface area contributed by atoms with E-state index in [-0.39, 0.29) is 17.5 Å². The van der Waals surface area contributed by atoms with Crippen molar-refractivity contribution >= 4 is 11.7 Å². The van der Waals surface area contributed by atoms with E-state index in [1.54, 1.807) is 0 Å². The van der Waals surface area contributed by atoms with E-state index >= 15 is 0 Å². The van der Waals surface area contributed by atoms with Gasteiger partial charge >= 0.3 is 0 Å². The van der Waals surface area contributed by atoms with Gasteiger partial charge in [0.05, 0.1) is 0 Å². The first-order valence-corrected chi connectivity index (χ1v) is 4.83. The van der Waals surface area contributed by atoms with Crippen LogP contribution in [0, 0.1) is 5.82 Å². The number of unbranched alkanes of at least 4 members (excludes halogenated alkanes) is 1. The zero-order chi connectivity index (χ0) is 11.1. The Kier molecular flexibility index (Phi) is 4.53. The average Bonchev–Trinajstić information content (AvgIpc) is 2.20. The van der Waals surface area contributed by atoms with Crippen molar-refractivity contribution in [2.24, 2.45) is 5.73 Å². The van der Waals surface area contributed by atoms with Crippen molar-refractivity contribution in [1.82, 2.24) is 4.98 Å². The van der Waals surface area contributed by atoms with Crippen molar-refractivity contribution in [3.05, 3.63) is 24.1 Å². The van der Waals surface area contributed by atoms with Gasteiger partial charge in [0, 0.05) is 19.2 Å². The molecule has 0 radical (unpaired) electrons. The molecule has 15 heavy (non-hydrogen) atoms. The van der Waals surface area contributed by atoms with Crippen LogP contribution in [0.25, 0.3) is 0 Å². The zero-order valence-corrected chi connectivity index (χ0v) is 8.37. The molecule has 1 aromatic rings. The Balaban J connectivity index is 2.21. The number of halogens is 1. The molecular weight excluding hydrogens is 197 g/mol. The van der Waals surface area contributed by atoms with Crippen LogP contribution >= 0.6 is 0 Å². The number of anilines is 1. The molecule has 0 unspecified atom stereocenters. The predicted molar refractivity (Wildman–Crippen MR) is 55.7 cm³/mol. The minimum absolute atomic E-state index is 0.247. The van der Waals surface area contributed by atoms with Gasteiger partial charge in [-0.05, 0) is 25.0 Å². The second-order valence-corrected chi connectivity index (χ2v) is 3.18. The molecule has 0 aliphatic carbocycles. The summed E-state index contributed by atoms with van der Waals surface area (Å²) in [5, 5.41) is 2.85. The molecule has 3 N–H and O–H groups in total. The number of primary amides is 1. The van der Waals surface area contributed by atoms with Crippen molar-refractivity contribution in [1.29, 1.82) is 0 Å². The summed E-state index contributed by atoms with van der Waals surface area (Å²) in [6, 6.07) is 2.88. The van der Waals surface area contributed by atoms with Gasteiger partial charge in [0.2, 0.25) is 5.91 Å². The Morgan fingerprint density at radius 2 is 2.33 bits per heavy atom. The molecule has 0 fully saturated rings. The van der Waals surface area contributed by atoms with Crippen molar-refractivity contribution in [2.45, 2.75) is 19.3 Å². The van der Waals surface area contributed by atoms with E-state index in [1.165, 1.54) is 18.3 Å². The Bertz CT molecular complexity index is 330. The molecule has 0 aliphatic rings. The molecule has 0 aromatic carbocycles. The van der Waals surface area contributed by atoms with Crippen LogP contribution in [-0.4, -0.2) is 17.4 Å². The fourth-order valence-corrected chi connectivity index (χ4v) is 1.15. The van der Waals surface area contributed by atoms with E-state index in [9.17, 15) is 9.18 Å². The maximum absolute atomic E-state index is 13.0. The Morgan fingerprint density at radius 3 is 3.00 bits per heavy atom. The second-order valence-electron chi connectivity index (χ2n) is 3.18. The van der Waals surface area contributed by atoms with Crippen molar-refractivity contribution < 1.29 is 9.18 Å². The number of nitrogens with one attached hydrogen (secondary N) is 1. The number of carbonyl (C=O) groups is 1. The number of pyridine rings is 1. The average molecular weight is 211 g/mol. The summed E-state index contributed by atoms with van der Waals surface area (Å²) in [5.41, 5.74) is 4.98. The molecule has 0 saturated carbocycles. The Morgan fingerprint density at radius 1 is 1.53 bits per heavy atom. The molecular formula is C10H14FN3O. The van der Waals surface area contributed by atoms with Crippen LogP contribution < -0.4 is 11.1 Å². The molecule has 0 saturated heterocycles. The largest absolute Gasteiger partial charge is 0.370 e. The minimum atomic E-state index is -0.368. The lowest BCUT2D eigenvalue weighted by Crippen LogP contribution is -2.11. The van der Waals surface area contributed by atoms with E-state index in [1.807, 2.05) is 0 Å². The third kappa shape index (κ3) is 4.39. The highest BCUT2D eigenvalue weighted by Crippen LogP contribution is 2.08. The second kappa shape index (κ2) is 5.95. The van der Waals surface area contributed by atoms with Crippen LogP contribution in [0.1, 0.15) is 19.3 Å². The maximum Gasteiger partial charge on any atom is 0.217 e. The number of hydrogen-bond donors (Lipinski definition) is 2. The summed E-state index contributed by atoms with van der Waals surface area (Å²) in [6.07, 6.45) is 3.36. The fraction of sp³-hybridized carbons (Fsp3) is 0.400. The fourth-order valence-electron chi connectivity index (χ4n) is 1.15. The first kappa shape index (κ1) is 11.4. The molecule has 1 amide bonds. The standard InChI is InChI=1S/C10H14FN3O/c11-8-4-3-7-14-10(8)13-6-2-1-5-9(12)15/h3-4,7H,1-2,5-6H2,(H2,12,15)(H,13,14). The third-order valence-electron chi connectivity index (χ3n) is 1.90. The summed E-state index contributed by atoms with van der Waals surface area (Å²) < 4.78 is 13.0. The van der Waals surface area contributed by atoms with E-state index in [0.29, 0.717) is 19.4 Å². The van der Waals surface area contributed by atoms with Crippen LogP contribution in [0.3, 0.4) is 0 Å². The molecule has 0 atom stereocenters. The van der Waals surface area contributed by atoms with Crippen molar-refractivity contribution in [3.8, 4) is 0 Å². The molecule has 0 aliphatic heterocycles. The number of hydrogen-bond acceptors (Lipinski definition) is 3. The van der Waals surface area contributed by atoms with Crippen LogP contribution in [0.5, 0.6) is 0 Å². The van der Waals surface area contributed by atoms with Gasteiger partial charge in [0.1, 0.15) is 0 Å². The van der Waals surface area contributed by atoms with E-state index in [4.69, 9.17) is 5.73 Å². The van der Waals surface area contributed by atoms with Crippen LogP contribution in [0.4, 0.5) is 10.2 Å². The van der Waals surface area contributed by atoms with Gasteiger partial charge in [-0.2, -0.15) is 0 Å². The minimum Gasteiger partial charge on any atom is -0.370 e. The van der Waals surface area contributed by atoms with E-state index in [2.05, 4.69) is 10.3 Å². The molecule has 4 nitrogen and oxygen atoms in total. The number of rotatable bonds is 6. The summed E-state index contributed by atoms with van der Waals surface area (Å²) >= 11 is 0. The van der Waals surface area contributed by atoms with Gasteiger partial charge in [-0.25, -0.2) is 9.37 Å². The number of nitrogens with zero attached hydrogens (tertiary/aromatic N) is 1. The molecule has 1 rings (SSSR count). The molecule has 0 bridgehead atoms. The normalized spacial score (nSPS) is 9.93. The molecule has 82 valence electrons. The lowest BCUT2D eigenvalue weighted by atomic mass is 10.2. The maximum atomic E-state index is 13.0. The monoisotopic (exact) mass is 211 g/mol. The summed E-state index contributed by atoms with van der Waals surface area (Å²) in [7, 11) is 0. The summed E-state index contributed by atoms with van der Waals surface area (Å²) in [5.74, 6) is -0.428. The lowest BCUT2D eigenvalue weighted by molar-refractivity contribution is -0.118. The Labute approximate surface area is 87.7 Å². The highest BCUT2D eigenvalue weighted by molar-refractivity contribution is 5.73. The molecule has 5 heteroatoms. The number of nitrogens with two attached hydrogens (primary N) is 1. The van der Waals surface area contributed by atoms with E-state index < -0.39 is 0 Å². The van der Waals surface area contributed by atoms with E-state index in [0.717, 1.165) is 6.42 Å². The number of carbonyl (C=O) groups excluding carboxylic acids is 1. The van der Waals surface area contributed by atoms with Gasteiger partial charge in [-0.1, -0.05) is 0 Å². The van der Waals surface area contributed by atoms with Gasteiger partial charge in [-0.3, -0.25) is 4.79 Å². The third-order valence-corrected chi connectivity index (χ3v) is 1.90. The first-order chi connectivity index (χ1) is 7.20. The number of amides is 1. The van der Waals surface area contributed by atoms with Gasteiger partial charge in [0.25, 0.3) is 0 Å². The predicted octanol–water partition coefficient (Wildman–Crippen LogP) is 1.29.